The molecule has 24 heavy (non-hydrogen) atoms. The van der Waals surface area contributed by atoms with Crippen LogP contribution in [0.2, 0.25) is 0 Å². The first kappa shape index (κ1) is 17.5. The lowest BCUT2D eigenvalue weighted by atomic mass is 9.98. The molecule has 0 aliphatic rings. The molecule has 126 valence electrons. The van der Waals surface area contributed by atoms with E-state index in [2.05, 4.69) is 5.32 Å². The Labute approximate surface area is 141 Å². The topological polar surface area (TPSA) is 75.6 Å². The number of benzene rings is 2. The molecule has 0 aromatic heterocycles. The normalized spacial score (nSPS) is 11.6. The van der Waals surface area contributed by atoms with E-state index in [9.17, 15) is 14.7 Å². The van der Waals surface area contributed by atoms with Gasteiger partial charge in [-0.3, -0.25) is 9.59 Å². The minimum atomic E-state index is -0.953. The third kappa shape index (κ3) is 4.35. The van der Waals surface area contributed by atoms with Gasteiger partial charge in [0.1, 0.15) is 5.75 Å². The van der Waals surface area contributed by atoms with Crippen LogP contribution < -0.4 is 10.1 Å². The standard InChI is InChI=1S/C19H21NO4/c1-13-7-3-5-9-16(13)18(21)20-12-15(19(22)23)11-14-8-4-6-10-17(14)24-2/h3-10,15H,11-12H2,1-2H3,(H,20,21)(H,22,23). The molecule has 0 saturated heterocycles. The largest absolute Gasteiger partial charge is 0.496 e. The number of hydrogen-bond acceptors (Lipinski definition) is 3. The first-order chi connectivity index (χ1) is 11.5. The van der Waals surface area contributed by atoms with E-state index in [1.807, 2.05) is 37.3 Å². The van der Waals surface area contributed by atoms with Crippen LogP contribution in [-0.4, -0.2) is 30.6 Å². The van der Waals surface area contributed by atoms with Crippen molar-refractivity contribution in [1.82, 2.24) is 5.32 Å². The van der Waals surface area contributed by atoms with Gasteiger partial charge in [-0.1, -0.05) is 36.4 Å². The fourth-order valence-electron chi connectivity index (χ4n) is 2.52. The van der Waals surface area contributed by atoms with Crippen molar-refractivity contribution in [3.8, 4) is 5.75 Å². The molecule has 0 saturated carbocycles. The zero-order valence-electron chi connectivity index (χ0n) is 13.8. The Balaban J connectivity index is 2.05. The number of carboxylic acid groups (broad SMARTS) is 1. The molecule has 0 spiro atoms. The number of amides is 1. The van der Waals surface area contributed by atoms with Crippen LogP contribution in [0, 0.1) is 12.8 Å². The van der Waals surface area contributed by atoms with Gasteiger partial charge in [0.2, 0.25) is 0 Å². The highest BCUT2D eigenvalue weighted by atomic mass is 16.5. The number of para-hydroxylation sites is 1. The number of methoxy groups -OCH3 is 1. The second kappa shape index (κ2) is 8.15. The molecule has 0 radical (unpaired) electrons. The van der Waals surface area contributed by atoms with Crippen molar-refractivity contribution < 1.29 is 19.4 Å². The quantitative estimate of drug-likeness (QED) is 0.820. The highest BCUT2D eigenvalue weighted by molar-refractivity contribution is 5.95. The summed E-state index contributed by atoms with van der Waals surface area (Å²) in [6.07, 6.45) is 0.285. The minimum Gasteiger partial charge on any atom is -0.496 e. The van der Waals surface area contributed by atoms with Gasteiger partial charge < -0.3 is 15.2 Å². The van der Waals surface area contributed by atoms with Crippen LogP contribution in [-0.2, 0) is 11.2 Å². The molecule has 2 aromatic carbocycles. The van der Waals surface area contributed by atoms with E-state index in [1.165, 1.54) is 0 Å². The van der Waals surface area contributed by atoms with Gasteiger partial charge >= 0.3 is 5.97 Å². The molecule has 1 unspecified atom stereocenters. The molecule has 0 fully saturated rings. The second-order valence-corrected chi connectivity index (χ2v) is 5.58. The van der Waals surface area contributed by atoms with Gasteiger partial charge in [0, 0.05) is 12.1 Å². The van der Waals surface area contributed by atoms with Gasteiger partial charge in [-0.2, -0.15) is 0 Å². The van der Waals surface area contributed by atoms with Crippen molar-refractivity contribution >= 4 is 11.9 Å². The van der Waals surface area contributed by atoms with E-state index in [4.69, 9.17) is 4.74 Å². The Hall–Kier alpha value is -2.82. The number of carbonyl (C=O) groups is 2. The zero-order valence-corrected chi connectivity index (χ0v) is 13.8. The van der Waals surface area contributed by atoms with E-state index in [0.29, 0.717) is 11.3 Å². The lowest BCUT2D eigenvalue weighted by Gasteiger charge is -2.16. The second-order valence-electron chi connectivity index (χ2n) is 5.58. The van der Waals surface area contributed by atoms with Crippen LogP contribution in [0.25, 0.3) is 0 Å². The van der Waals surface area contributed by atoms with E-state index in [1.54, 1.807) is 25.3 Å². The van der Waals surface area contributed by atoms with Crippen LogP contribution in [0.5, 0.6) is 5.75 Å². The zero-order chi connectivity index (χ0) is 17.5. The molecule has 1 amide bonds. The number of nitrogens with one attached hydrogen (secondary N) is 1. The monoisotopic (exact) mass is 327 g/mol. The molecule has 2 N–H and O–H groups in total. The van der Waals surface area contributed by atoms with Crippen LogP contribution >= 0.6 is 0 Å². The predicted octanol–water partition coefficient (Wildman–Crippen LogP) is 2.68. The summed E-state index contributed by atoms with van der Waals surface area (Å²) < 4.78 is 5.26. The number of aryl methyl sites for hydroxylation is 1. The molecule has 5 heteroatoms. The fourth-order valence-corrected chi connectivity index (χ4v) is 2.52. The number of ether oxygens (including phenoxy) is 1. The van der Waals surface area contributed by atoms with E-state index >= 15 is 0 Å². The van der Waals surface area contributed by atoms with Crippen LogP contribution in [0.1, 0.15) is 21.5 Å². The Bertz CT molecular complexity index is 727. The maximum Gasteiger partial charge on any atom is 0.308 e. The van der Waals surface area contributed by atoms with E-state index in [-0.39, 0.29) is 18.9 Å². The maximum absolute atomic E-state index is 12.2. The predicted molar refractivity (Wildman–Crippen MR) is 91.3 cm³/mol. The molecule has 5 nitrogen and oxygen atoms in total. The summed E-state index contributed by atoms with van der Waals surface area (Å²) >= 11 is 0. The third-order valence-corrected chi connectivity index (χ3v) is 3.91. The Morgan fingerprint density at radius 1 is 1.12 bits per heavy atom. The SMILES string of the molecule is COc1ccccc1CC(CNC(=O)c1ccccc1C)C(=O)O. The molecular formula is C19H21NO4. The molecule has 2 aromatic rings. The smallest absolute Gasteiger partial charge is 0.308 e. The van der Waals surface area contributed by atoms with Gasteiger partial charge in [0.05, 0.1) is 13.0 Å². The number of carbonyl (C=O) groups excluding carboxylic acids is 1. The van der Waals surface area contributed by atoms with Gasteiger partial charge in [-0.25, -0.2) is 0 Å². The Morgan fingerprint density at radius 2 is 1.79 bits per heavy atom. The lowest BCUT2D eigenvalue weighted by Crippen LogP contribution is -2.34. The van der Waals surface area contributed by atoms with Gasteiger partial charge in [-0.15, -0.1) is 0 Å². The van der Waals surface area contributed by atoms with Crippen LogP contribution in [0.3, 0.4) is 0 Å². The Kier molecular flexibility index (Phi) is 5.95. The van der Waals surface area contributed by atoms with Crippen molar-refractivity contribution in [1.29, 1.82) is 0 Å². The summed E-state index contributed by atoms with van der Waals surface area (Å²) in [5.41, 5.74) is 2.21. The van der Waals surface area contributed by atoms with E-state index < -0.39 is 11.9 Å². The minimum absolute atomic E-state index is 0.0561. The molecule has 1 atom stereocenters. The lowest BCUT2D eigenvalue weighted by molar-refractivity contribution is -0.141. The number of aliphatic carboxylic acids is 1. The Morgan fingerprint density at radius 3 is 2.46 bits per heavy atom. The van der Waals surface area contributed by atoms with E-state index in [0.717, 1.165) is 11.1 Å². The van der Waals surface area contributed by atoms with Gasteiger partial charge in [0.25, 0.3) is 5.91 Å². The highest BCUT2D eigenvalue weighted by Crippen LogP contribution is 2.21. The van der Waals surface area contributed by atoms with Crippen LogP contribution in [0.15, 0.2) is 48.5 Å². The molecule has 0 heterocycles. The average Bonchev–Trinajstić information content (AvgIpc) is 2.58. The summed E-state index contributed by atoms with van der Waals surface area (Å²) in [5.74, 6) is -1.30. The first-order valence-electron chi connectivity index (χ1n) is 7.71. The third-order valence-electron chi connectivity index (χ3n) is 3.91. The maximum atomic E-state index is 12.2. The van der Waals surface area contributed by atoms with Gasteiger partial charge in [0.15, 0.2) is 0 Å². The fraction of sp³-hybridized carbons (Fsp3) is 0.263. The molecule has 0 aliphatic heterocycles. The average molecular weight is 327 g/mol. The molecule has 0 bridgehead atoms. The van der Waals surface area contributed by atoms with Crippen LogP contribution in [0.4, 0.5) is 0 Å². The van der Waals surface area contributed by atoms with Crippen molar-refractivity contribution in [3.05, 3.63) is 65.2 Å². The summed E-state index contributed by atoms with van der Waals surface area (Å²) in [6, 6.07) is 14.5. The summed E-state index contributed by atoms with van der Waals surface area (Å²) in [5, 5.41) is 12.2. The summed E-state index contributed by atoms with van der Waals surface area (Å²) in [6.45, 7) is 1.90. The highest BCUT2D eigenvalue weighted by Gasteiger charge is 2.21. The van der Waals surface area contributed by atoms with Crippen molar-refractivity contribution in [2.24, 2.45) is 5.92 Å². The number of rotatable bonds is 7. The molecule has 0 aliphatic carbocycles. The molecule has 2 rings (SSSR count). The summed E-state index contributed by atoms with van der Waals surface area (Å²) in [4.78, 5) is 23.8. The summed E-state index contributed by atoms with van der Waals surface area (Å²) in [7, 11) is 1.55. The number of carboxylic acids is 1. The van der Waals surface area contributed by atoms with Crippen molar-refractivity contribution in [2.75, 3.05) is 13.7 Å². The first-order valence-corrected chi connectivity index (χ1v) is 7.71. The van der Waals surface area contributed by atoms with Crippen molar-refractivity contribution in [3.63, 3.8) is 0 Å². The molecular weight excluding hydrogens is 306 g/mol. The van der Waals surface area contributed by atoms with Crippen molar-refractivity contribution in [2.45, 2.75) is 13.3 Å². The number of hydrogen-bond donors (Lipinski definition) is 2. The van der Waals surface area contributed by atoms with Gasteiger partial charge in [-0.05, 0) is 36.6 Å².